The van der Waals surface area contributed by atoms with Crippen LogP contribution in [0.2, 0.25) is 0 Å². The second-order valence-electron chi connectivity index (χ2n) is 5.31. The Kier molecular flexibility index (Phi) is 4.55. The molecule has 0 spiro atoms. The predicted octanol–water partition coefficient (Wildman–Crippen LogP) is 1.76. The first-order valence-corrected chi connectivity index (χ1v) is 6.88. The summed E-state index contributed by atoms with van der Waals surface area (Å²) < 4.78 is 1.22. The zero-order chi connectivity index (χ0) is 16.3. The number of anilines is 1. The van der Waals surface area contributed by atoms with E-state index in [0.717, 1.165) is 11.3 Å². The summed E-state index contributed by atoms with van der Waals surface area (Å²) in [5.41, 5.74) is 1.75. The normalized spacial score (nSPS) is 10.7. The summed E-state index contributed by atoms with van der Waals surface area (Å²) in [5.74, 6) is -1.00. The molecule has 0 fully saturated rings. The summed E-state index contributed by atoms with van der Waals surface area (Å²) in [6, 6.07) is 7.75. The highest BCUT2D eigenvalue weighted by atomic mass is 16.4. The van der Waals surface area contributed by atoms with Gasteiger partial charge in [0.2, 0.25) is 5.91 Å². The van der Waals surface area contributed by atoms with E-state index in [9.17, 15) is 9.59 Å². The molecule has 1 heterocycles. The Morgan fingerprint density at radius 2 is 2.09 bits per heavy atom. The molecular formula is C15H18N4O3. The van der Waals surface area contributed by atoms with Crippen LogP contribution in [-0.2, 0) is 11.3 Å². The molecule has 0 unspecified atom stereocenters. The maximum Gasteiger partial charge on any atom is 0.358 e. The van der Waals surface area contributed by atoms with E-state index in [2.05, 4.69) is 24.2 Å². The Morgan fingerprint density at radius 1 is 1.36 bits per heavy atom. The van der Waals surface area contributed by atoms with Crippen LogP contribution < -0.4 is 4.90 Å². The van der Waals surface area contributed by atoms with Crippen molar-refractivity contribution >= 4 is 17.6 Å². The van der Waals surface area contributed by atoms with Crippen LogP contribution in [0.25, 0.3) is 0 Å². The summed E-state index contributed by atoms with van der Waals surface area (Å²) in [6.45, 7) is 4.11. The van der Waals surface area contributed by atoms with Crippen molar-refractivity contribution in [3.05, 3.63) is 41.7 Å². The van der Waals surface area contributed by atoms with Crippen molar-refractivity contribution in [1.29, 1.82) is 0 Å². The van der Waals surface area contributed by atoms with E-state index in [0.29, 0.717) is 5.92 Å². The number of carboxylic acid groups (broad SMARTS) is 1. The van der Waals surface area contributed by atoms with Crippen molar-refractivity contribution in [2.24, 2.45) is 0 Å². The van der Waals surface area contributed by atoms with Gasteiger partial charge in [-0.1, -0.05) is 31.2 Å². The quantitative estimate of drug-likeness (QED) is 0.909. The van der Waals surface area contributed by atoms with Gasteiger partial charge in [-0.2, -0.15) is 0 Å². The highest BCUT2D eigenvalue weighted by molar-refractivity contribution is 5.92. The number of rotatable bonds is 5. The Labute approximate surface area is 128 Å². The maximum atomic E-state index is 12.3. The molecule has 22 heavy (non-hydrogen) atoms. The van der Waals surface area contributed by atoms with Gasteiger partial charge in [-0.25, -0.2) is 9.48 Å². The molecule has 7 heteroatoms. The van der Waals surface area contributed by atoms with Gasteiger partial charge in [-0.05, 0) is 23.6 Å². The fraction of sp³-hybridized carbons (Fsp3) is 0.333. The molecule has 1 aromatic heterocycles. The highest BCUT2D eigenvalue weighted by Gasteiger charge is 2.15. The van der Waals surface area contributed by atoms with Gasteiger partial charge in [0.05, 0.1) is 6.20 Å². The average Bonchev–Trinajstić information content (AvgIpc) is 2.95. The number of hydrogen-bond acceptors (Lipinski definition) is 4. The van der Waals surface area contributed by atoms with Gasteiger partial charge >= 0.3 is 5.97 Å². The van der Waals surface area contributed by atoms with Crippen LogP contribution in [-0.4, -0.2) is 39.0 Å². The van der Waals surface area contributed by atoms with Crippen LogP contribution >= 0.6 is 0 Å². The number of carboxylic acids is 1. The Morgan fingerprint density at radius 3 is 2.68 bits per heavy atom. The lowest BCUT2D eigenvalue weighted by molar-refractivity contribution is -0.119. The molecule has 0 saturated heterocycles. The first-order chi connectivity index (χ1) is 10.4. The van der Waals surface area contributed by atoms with E-state index >= 15 is 0 Å². The second-order valence-corrected chi connectivity index (χ2v) is 5.31. The lowest BCUT2D eigenvalue weighted by Crippen LogP contribution is -2.30. The first-order valence-electron chi connectivity index (χ1n) is 6.88. The number of aromatic carboxylic acids is 1. The Balaban J connectivity index is 2.11. The molecule has 1 N–H and O–H groups in total. The smallest absolute Gasteiger partial charge is 0.358 e. The minimum Gasteiger partial charge on any atom is -0.476 e. The predicted molar refractivity (Wildman–Crippen MR) is 80.9 cm³/mol. The van der Waals surface area contributed by atoms with Gasteiger partial charge in [0, 0.05) is 12.7 Å². The minimum absolute atomic E-state index is 0.0668. The zero-order valence-corrected chi connectivity index (χ0v) is 12.7. The van der Waals surface area contributed by atoms with Gasteiger partial charge in [0.1, 0.15) is 6.54 Å². The summed E-state index contributed by atoms with van der Waals surface area (Å²) in [7, 11) is 1.68. The average molecular weight is 302 g/mol. The van der Waals surface area contributed by atoms with Crippen molar-refractivity contribution in [2.75, 3.05) is 11.9 Å². The van der Waals surface area contributed by atoms with Crippen molar-refractivity contribution in [3.63, 3.8) is 0 Å². The number of nitrogens with zero attached hydrogens (tertiary/aromatic N) is 4. The van der Waals surface area contributed by atoms with Crippen molar-refractivity contribution in [2.45, 2.75) is 26.3 Å². The summed E-state index contributed by atoms with van der Waals surface area (Å²) in [4.78, 5) is 24.5. The Bertz CT molecular complexity index is 694. The number of aromatic nitrogens is 3. The van der Waals surface area contributed by atoms with Crippen molar-refractivity contribution in [1.82, 2.24) is 15.0 Å². The van der Waals surface area contributed by atoms with E-state index in [1.165, 1.54) is 15.8 Å². The molecular weight excluding hydrogens is 284 g/mol. The molecule has 7 nitrogen and oxygen atoms in total. The molecule has 0 aliphatic carbocycles. The third kappa shape index (κ3) is 3.49. The fourth-order valence-electron chi connectivity index (χ4n) is 1.95. The zero-order valence-electron chi connectivity index (χ0n) is 12.7. The molecule has 0 saturated carbocycles. The summed E-state index contributed by atoms with van der Waals surface area (Å²) in [6.07, 6.45) is 1.23. The number of carbonyl (C=O) groups excluding carboxylic acids is 1. The molecule has 2 rings (SSSR count). The van der Waals surface area contributed by atoms with E-state index in [1.807, 2.05) is 24.3 Å². The SMILES string of the molecule is CC(C)c1cccc(N(C)C(=O)Cn2cc(C(=O)O)nn2)c1. The largest absolute Gasteiger partial charge is 0.476 e. The number of hydrogen-bond donors (Lipinski definition) is 1. The van der Waals surface area contributed by atoms with E-state index < -0.39 is 5.97 Å². The van der Waals surface area contributed by atoms with Gasteiger partial charge in [0.15, 0.2) is 5.69 Å². The van der Waals surface area contributed by atoms with Crippen LogP contribution in [0.1, 0.15) is 35.8 Å². The van der Waals surface area contributed by atoms with E-state index in [-0.39, 0.29) is 18.1 Å². The molecule has 0 radical (unpaired) electrons. The van der Waals surface area contributed by atoms with Crippen LogP contribution in [0, 0.1) is 0 Å². The lowest BCUT2D eigenvalue weighted by Gasteiger charge is -2.18. The maximum absolute atomic E-state index is 12.3. The topological polar surface area (TPSA) is 88.3 Å². The van der Waals surface area contributed by atoms with Crippen molar-refractivity contribution in [3.8, 4) is 0 Å². The monoisotopic (exact) mass is 302 g/mol. The van der Waals surface area contributed by atoms with Gasteiger partial charge in [-0.15, -0.1) is 5.10 Å². The van der Waals surface area contributed by atoms with Gasteiger partial charge < -0.3 is 10.0 Å². The molecule has 2 aromatic rings. The molecule has 0 aliphatic heterocycles. The van der Waals surface area contributed by atoms with Crippen LogP contribution in [0.3, 0.4) is 0 Å². The molecule has 0 atom stereocenters. The molecule has 1 amide bonds. The van der Waals surface area contributed by atoms with E-state index in [1.54, 1.807) is 7.05 Å². The van der Waals surface area contributed by atoms with Crippen LogP contribution in [0.15, 0.2) is 30.5 Å². The third-order valence-electron chi connectivity index (χ3n) is 3.35. The van der Waals surface area contributed by atoms with Gasteiger partial charge in [-0.3, -0.25) is 4.79 Å². The summed E-state index contributed by atoms with van der Waals surface area (Å²) >= 11 is 0. The highest BCUT2D eigenvalue weighted by Crippen LogP contribution is 2.21. The fourth-order valence-corrected chi connectivity index (χ4v) is 1.95. The molecule has 116 valence electrons. The number of benzene rings is 1. The van der Waals surface area contributed by atoms with Gasteiger partial charge in [0.25, 0.3) is 0 Å². The standard InChI is InChI=1S/C15H18N4O3/c1-10(2)11-5-4-6-12(7-11)18(3)14(20)9-19-8-13(15(21)22)16-17-19/h4-8,10H,9H2,1-3H3,(H,21,22). The third-order valence-corrected chi connectivity index (χ3v) is 3.35. The minimum atomic E-state index is -1.17. The molecule has 0 bridgehead atoms. The number of likely N-dealkylation sites (N-methyl/N-ethyl adjacent to an activating group) is 1. The number of amides is 1. The molecule has 1 aromatic carbocycles. The van der Waals surface area contributed by atoms with E-state index in [4.69, 9.17) is 5.11 Å². The molecule has 0 aliphatic rings. The Hall–Kier alpha value is -2.70. The van der Waals surface area contributed by atoms with Crippen molar-refractivity contribution < 1.29 is 14.7 Å². The number of carbonyl (C=O) groups is 2. The second kappa shape index (κ2) is 6.38. The van der Waals surface area contributed by atoms with Crippen LogP contribution in [0.5, 0.6) is 0 Å². The first kappa shape index (κ1) is 15.7. The lowest BCUT2D eigenvalue weighted by atomic mass is 10.0. The summed E-state index contributed by atoms with van der Waals surface area (Å²) in [5, 5.41) is 15.9. The van der Waals surface area contributed by atoms with Crippen LogP contribution in [0.4, 0.5) is 5.69 Å².